The second kappa shape index (κ2) is 9.93. The monoisotopic (exact) mass is 414 g/mol. The SMILES string of the molecule is COc1ncc(-c2cc(OCCCCCC(=O)NO)c3ncnc(C)c3c2)cc1F. The van der Waals surface area contributed by atoms with Crippen molar-refractivity contribution < 1.29 is 23.9 Å². The van der Waals surface area contributed by atoms with Crippen molar-refractivity contribution in [3.63, 3.8) is 0 Å². The van der Waals surface area contributed by atoms with Crippen molar-refractivity contribution in [3.05, 3.63) is 42.2 Å². The summed E-state index contributed by atoms with van der Waals surface area (Å²) in [6.45, 7) is 2.30. The van der Waals surface area contributed by atoms with E-state index in [0.29, 0.717) is 29.9 Å². The Morgan fingerprint density at radius 3 is 2.70 bits per heavy atom. The van der Waals surface area contributed by atoms with Crippen LogP contribution in [0.1, 0.15) is 31.4 Å². The molecule has 0 saturated heterocycles. The number of unbranched alkanes of at least 4 members (excludes halogenated alkanes) is 2. The summed E-state index contributed by atoms with van der Waals surface area (Å²) in [7, 11) is 1.37. The fraction of sp³-hybridized carbons (Fsp3) is 0.333. The van der Waals surface area contributed by atoms with Crippen LogP contribution >= 0.6 is 0 Å². The van der Waals surface area contributed by atoms with Crippen molar-refractivity contribution in [2.24, 2.45) is 0 Å². The Kier molecular flexibility index (Phi) is 7.08. The lowest BCUT2D eigenvalue weighted by molar-refractivity contribution is -0.129. The highest BCUT2D eigenvalue weighted by Crippen LogP contribution is 2.33. The number of aromatic nitrogens is 3. The molecule has 0 saturated carbocycles. The molecule has 0 radical (unpaired) electrons. The molecule has 2 heterocycles. The maximum Gasteiger partial charge on any atom is 0.250 e. The quantitative estimate of drug-likeness (QED) is 0.313. The third kappa shape index (κ3) is 4.98. The molecule has 0 aliphatic heterocycles. The van der Waals surface area contributed by atoms with E-state index < -0.39 is 11.7 Å². The number of aryl methyl sites for hydroxylation is 1. The van der Waals surface area contributed by atoms with Gasteiger partial charge in [-0.25, -0.2) is 24.8 Å². The molecule has 0 fully saturated rings. The smallest absolute Gasteiger partial charge is 0.250 e. The molecule has 1 aromatic carbocycles. The molecule has 0 spiro atoms. The Morgan fingerprint density at radius 1 is 1.13 bits per heavy atom. The van der Waals surface area contributed by atoms with Gasteiger partial charge in [-0.3, -0.25) is 10.0 Å². The van der Waals surface area contributed by atoms with Gasteiger partial charge in [-0.1, -0.05) is 0 Å². The average molecular weight is 414 g/mol. The van der Waals surface area contributed by atoms with Crippen LogP contribution in [0.3, 0.4) is 0 Å². The fourth-order valence-corrected chi connectivity index (χ4v) is 3.07. The molecule has 3 aromatic rings. The molecule has 1 amide bonds. The van der Waals surface area contributed by atoms with Gasteiger partial charge in [0.1, 0.15) is 17.6 Å². The first-order valence-electron chi connectivity index (χ1n) is 9.54. The number of amides is 1. The second-order valence-electron chi connectivity index (χ2n) is 6.74. The molecule has 0 unspecified atom stereocenters. The van der Waals surface area contributed by atoms with Crippen LogP contribution < -0.4 is 15.0 Å². The van der Waals surface area contributed by atoms with Crippen molar-refractivity contribution >= 4 is 16.8 Å². The number of hydrogen-bond acceptors (Lipinski definition) is 7. The number of hydroxylamine groups is 1. The Balaban J connectivity index is 1.82. The summed E-state index contributed by atoms with van der Waals surface area (Å²) in [4.78, 5) is 23.6. The lowest BCUT2D eigenvalue weighted by Gasteiger charge is -2.13. The Labute approximate surface area is 173 Å². The molecule has 3 rings (SSSR count). The second-order valence-corrected chi connectivity index (χ2v) is 6.74. The van der Waals surface area contributed by atoms with Crippen molar-refractivity contribution in [3.8, 4) is 22.8 Å². The van der Waals surface area contributed by atoms with Crippen LogP contribution in [0.25, 0.3) is 22.0 Å². The number of nitrogens with one attached hydrogen (secondary N) is 1. The number of nitrogens with zero attached hydrogens (tertiary/aromatic N) is 3. The number of carbonyl (C=O) groups is 1. The predicted molar refractivity (Wildman–Crippen MR) is 108 cm³/mol. The molecule has 0 atom stereocenters. The van der Waals surface area contributed by atoms with Crippen LogP contribution in [0.15, 0.2) is 30.7 Å². The van der Waals surface area contributed by atoms with Gasteiger partial charge in [0.15, 0.2) is 5.82 Å². The number of fused-ring (bicyclic) bond motifs is 1. The number of benzene rings is 1. The van der Waals surface area contributed by atoms with Gasteiger partial charge in [-0.05, 0) is 49.9 Å². The van der Waals surface area contributed by atoms with E-state index in [1.807, 2.05) is 13.0 Å². The first-order valence-corrected chi connectivity index (χ1v) is 9.54. The molecule has 158 valence electrons. The molecule has 2 N–H and O–H groups in total. The van der Waals surface area contributed by atoms with E-state index >= 15 is 0 Å². The molecular weight excluding hydrogens is 391 g/mol. The van der Waals surface area contributed by atoms with E-state index in [1.165, 1.54) is 25.7 Å². The minimum absolute atomic E-state index is 0.0644. The Bertz CT molecular complexity index is 1040. The van der Waals surface area contributed by atoms with Gasteiger partial charge in [0.25, 0.3) is 0 Å². The summed E-state index contributed by atoms with van der Waals surface area (Å²) < 4.78 is 25.0. The average Bonchev–Trinajstić information content (AvgIpc) is 2.76. The molecule has 0 aliphatic rings. The number of pyridine rings is 1. The van der Waals surface area contributed by atoms with Crippen molar-refractivity contribution in [2.45, 2.75) is 32.6 Å². The third-order valence-electron chi connectivity index (χ3n) is 4.67. The molecule has 8 nitrogen and oxygen atoms in total. The zero-order valence-electron chi connectivity index (χ0n) is 16.8. The van der Waals surface area contributed by atoms with E-state index in [4.69, 9.17) is 14.7 Å². The highest BCUT2D eigenvalue weighted by molar-refractivity contribution is 5.91. The van der Waals surface area contributed by atoms with Crippen LogP contribution in [0.5, 0.6) is 11.6 Å². The minimum Gasteiger partial charge on any atom is -0.491 e. The number of rotatable bonds is 9. The Hall–Kier alpha value is -3.33. The van der Waals surface area contributed by atoms with Crippen molar-refractivity contribution in [2.75, 3.05) is 13.7 Å². The predicted octanol–water partition coefficient (Wildman–Crippen LogP) is 3.59. The van der Waals surface area contributed by atoms with E-state index in [-0.39, 0.29) is 12.3 Å². The number of carbonyl (C=O) groups excluding carboxylic acids is 1. The normalized spacial score (nSPS) is 10.8. The number of methoxy groups -OCH3 is 1. The molecule has 0 bridgehead atoms. The van der Waals surface area contributed by atoms with Crippen molar-refractivity contribution in [1.82, 2.24) is 20.4 Å². The third-order valence-corrected chi connectivity index (χ3v) is 4.67. The first kappa shape index (κ1) is 21.4. The summed E-state index contributed by atoms with van der Waals surface area (Å²) in [6.07, 6.45) is 5.43. The minimum atomic E-state index is -0.550. The lowest BCUT2D eigenvalue weighted by Crippen LogP contribution is -2.17. The molecule has 30 heavy (non-hydrogen) atoms. The van der Waals surface area contributed by atoms with Gasteiger partial charge < -0.3 is 9.47 Å². The molecule has 2 aromatic heterocycles. The van der Waals surface area contributed by atoms with E-state index in [9.17, 15) is 9.18 Å². The summed E-state index contributed by atoms with van der Waals surface area (Å²) >= 11 is 0. The molecule has 9 heteroatoms. The molecule has 0 aliphatic carbocycles. The first-order chi connectivity index (χ1) is 14.5. The maximum absolute atomic E-state index is 14.1. The summed E-state index contributed by atoms with van der Waals surface area (Å²) in [5.41, 5.74) is 4.38. The van der Waals surface area contributed by atoms with Crippen LogP contribution in [0.4, 0.5) is 4.39 Å². The summed E-state index contributed by atoms with van der Waals surface area (Å²) in [5.74, 6) is -0.449. The van der Waals surface area contributed by atoms with Crippen LogP contribution in [0.2, 0.25) is 0 Å². The zero-order chi connectivity index (χ0) is 21.5. The lowest BCUT2D eigenvalue weighted by atomic mass is 10.0. The van der Waals surface area contributed by atoms with Gasteiger partial charge in [0.2, 0.25) is 11.8 Å². The van der Waals surface area contributed by atoms with Gasteiger partial charge in [-0.2, -0.15) is 0 Å². The van der Waals surface area contributed by atoms with Crippen LogP contribution in [-0.2, 0) is 4.79 Å². The molecular formula is C21H23FN4O4. The van der Waals surface area contributed by atoms with Crippen molar-refractivity contribution in [1.29, 1.82) is 0 Å². The highest BCUT2D eigenvalue weighted by atomic mass is 19.1. The topological polar surface area (TPSA) is 106 Å². The van der Waals surface area contributed by atoms with E-state index in [0.717, 1.165) is 29.5 Å². The van der Waals surface area contributed by atoms with E-state index in [1.54, 1.807) is 11.5 Å². The Morgan fingerprint density at radius 2 is 1.97 bits per heavy atom. The van der Waals surface area contributed by atoms with Crippen LogP contribution in [-0.4, -0.2) is 39.8 Å². The zero-order valence-corrected chi connectivity index (χ0v) is 16.8. The summed E-state index contributed by atoms with van der Waals surface area (Å²) in [6, 6.07) is 5.05. The number of ether oxygens (including phenoxy) is 2. The van der Waals surface area contributed by atoms with Gasteiger partial charge in [-0.15, -0.1) is 0 Å². The van der Waals surface area contributed by atoms with Gasteiger partial charge in [0, 0.05) is 29.3 Å². The van der Waals surface area contributed by atoms with E-state index in [2.05, 4.69) is 15.0 Å². The standard InChI is InChI=1S/C21H23FN4O4/c1-13-16-8-14(15-9-17(22)21(29-2)23-11-15)10-18(20(16)25-12-24-13)30-7-5-3-4-6-19(27)26-28/h8-12,28H,3-7H2,1-2H3,(H,26,27). The maximum atomic E-state index is 14.1. The van der Waals surface area contributed by atoms with Crippen LogP contribution in [0, 0.1) is 12.7 Å². The summed E-state index contributed by atoms with van der Waals surface area (Å²) in [5, 5.41) is 9.31. The fourth-order valence-electron chi connectivity index (χ4n) is 3.07. The number of hydrogen-bond donors (Lipinski definition) is 2. The van der Waals surface area contributed by atoms with Gasteiger partial charge in [0.05, 0.1) is 13.7 Å². The largest absolute Gasteiger partial charge is 0.491 e. The highest BCUT2D eigenvalue weighted by Gasteiger charge is 2.13. The van der Waals surface area contributed by atoms with Gasteiger partial charge >= 0.3 is 0 Å². The number of halogens is 1.